The minimum Gasteiger partial charge on any atom is -0.353 e. The third-order valence-electron chi connectivity index (χ3n) is 5.94. The number of anilines is 2. The van der Waals surface area contributed by atoms with E-state index in [1.165, 1.54) is 17.7 Å². The standard InChI is InChI=1S/C21H28N8/c1-21(2,3)20-25-15-7-5-6-14(15)17(26-20)28-8-10-29(11-9-28)19-16-18(22-12-23-19)27(4)13-24-16/h12-13H,5-11H2,1-4H3. The van der Waals surface area contributed by atoms with E-state index in [0.29, 0.717) is 0 Å². The molecule has 0 N–H and O–H groups in total. The molecular weight excluding hydrogens is 364 g/mol. The van der Waals surface area contributed by atoms with Crippen LogP contribution in [0.25, 0.3) is 11.2 Å². The summed E-state index contributed by atoms with van der Waals surface area (Å²) in [7, 11) is 1.96. The third-order valence-corrected chi connectivity index (χ3v) is 5.94. The molecular formula is C21H28N8. The number of fused-ring (bicyclic) bond motifs is 2. The van der Waals surface area contributed by atoms with Gasteiger partial charge in [0.1, 0.15) is 18.0 Å². The predicted molar refractivity (Wildman–Crippen MR) is 113 cm³/mol. The average Bonchev–Trinajstić information content (AvgIpc) is 3.33. The quantitative estimate of drug-likeness (QED) is 0.662. The van der Waals surface area contributed by atoms with Gasteiger partial charge in [0.25, 0.3) is 0 Å². The topological polar surface area (TPSA) is 75.9 Å². The molecule has 3 aromatic heterocycles. The maximum Gasteiger partial charge on any atom is 0.165 e. The molecule has 29 heavy (non-hydrogen) atoms. The summed E-state index contributed by atoms with van der Waals surface area (Å²) in [5, 5.41) is 0. The fraction of sp³-hybridized carbons (Fsp3) is 0.571. The Hall–Kier alpha value is -2.77. The number of hydrogen-bond acceptors (Lipinski definition) is 7. The van der Waals surface area contributed by atoms with Gasteiger partial charge in [-0.2, -0.15) is 0 Å². The maximum atomic E-state index is 5.05. The first kappa shape index (κ1) is 18.3. The summed E-state index contributed by atoms with van der Waals surface area (Å²) in [4.78, 5) is 28.1. The van der Waals surface area contributed by atoms with Gasteiger partial charge in [-0.1, -0.05) is 20.8 Å². The highest BCUT2D eigenvalue weighted by atomic mass is 15.3. The van der Waals surface area contributed by atoms with E-state index in [9.17, 15) is 0 Å². The molecule has 8 heteroatoms. The summed E-state index contributed by atoms with van der Waals surface area (Å²) in [5.74, 6) is 3.04. The zero-order valence-electron chi connectivity index (χ0n) is 17.7. The van der Waals surface area contributed by atoms with Crippen molar-refractivity contribution in [1.82, 2.24) is 29.5 Å². The largest absolute Gasteiger partial charge is 0.353 e. The van der Waals surface area contributed by atoms with Crippen LogP contribution in [0.3, 0.4) is 0 Å². The van der Waals surface area contributed by atoms with Gasteiger partial charge in [0, 0.05) is 49.9 Å². The first-order valence-corrected chi connectivity index (χ1v) is 10.4. The van der Waals surface area contributed by atoms with Crippen molar-refractivity contribution in [2.24, 2.45) is 7.05 Å². The molecule has 1 aliphatic carbocycles. The average molecular weight is 393 g/mol. The second-order valence-corrected chi connectivity index (χ2v) is 9.10. The second kappa shape index (κ2) is 6.64. The Kier molecular flexibility index (Phi) is 4.18. The van der Waals surface area contributed by atoms with Gasteiger partial charge < -0.3 is 14.4 Å². The van der Waals surface area contributed by atoms with Gasteiger partial charge >= 0.3 is 0 Å². The van der Waals surface area contributed by atoms with Crippen LogP contribution in [0.2, 0.25) is 0 Å². The molecule has 8 nitrogen and oxygen atoms in total. The maximum absolute atomic E-state index is 5.05. The summed E-state index contributed by atoms with van der Waals surface area (Å²) in [6, 6.07) is 0. The highest BCUT2D eigenvalue weighted by Crippen LogP contribution is 2.33. The number of piperazine rings is 1. The molecule has 0 amide bonds. The van der Waals surface area contributed by atoms with E-state index in [-0.39, 0.29) is 5.41 Å². The van der Waals surface area contributed by atoms with Crippen LogP contribution in [0, 0.1) is 0 Å². The van der Waals surface area contributed by atoms with E-state index in [1.807, 2.05) is 11.6 Å². The van der Waals surface area contributed by atoms with Crippen LogP contribution in [-0.2, 0) is 25.3 Å². The Bertz CT molecular complexity index is 1060. The van der Waals surface area contributed by atoms with Gasteiger partial charge in [-0.25, -0.2) is 24.9 Å². The van der Waals surface area contributed by atoms with Gasteiger partial charge in [0.05, 0.1) is 6.33 Å². The van der Waals surface area contributed by atoms with Crippen molar-refractivity contribution in [3.05, 3.63) is 29.7 Å². The van der Waals surface area contributed by atoms with Gasteiger partial charge in [0.2, 0.25) is 0 Å². The van der Waals surface area contributed by atoms with E-state index in [1.54, 1.807) is 12.7 Å². The van der Waals surface area contributed by atoms with Crippen molar-refractivity contribution in [3.8, 4) is 0 Å². The predicted octanol–water partition coefficient (Wildman–Crippen LogP) is 2.27. The molecule has 0 aromatic carbocycles. The SMILES string of the molecule is Cn1cnc2c(N3CCN(c4nc(C(C)(C)C)nc5c4CCC5)CC3)ncnc21. The van der Waals surface area contributed by atoms with Crippen LogP contribution in [0.5, 0.6) is 0 Å². The van der Waals surface area contributed by atoms with Gasteiger partial charge in [-0.3, -0.25) is 0 Å². The van der Waals surface area contributed by atoms with Crippen molar-refractivity contribution >= 4 is 22.8 Å². The minimum absolute atomic E-state index is 0.0419. The lowest BCUT2D eigenvalue weighted by molar-refractivity contribution is 0.538. The molecule has 3 aromatic rings. The number of aryl methyl sites for hydroxylation is 2. The second-order valence-electron chi connectivity index (χ2n) is 9.10. The van der Waals surface area contributed by atoms with E-state index in [2.05, 4.69) is 45.5 Å². The molecule has 0 saturated carbocycles. The Balaban J connectivity index is 1.42. The lowest BCUT2D eigenvalue weighted by Gasteiger charge is -2.37. The highest BCUT2D eigenvalue weighted by molar-refractivity contribution is 5.83. The Morgan fingerprint density at radius 2 is 1.59 bits per heavy atom. The van der Waals surface area contributed by atoms with Crippen molar-refractivity contribution in [2.45, 2.75) is 45.4 Å². The summed E-state index contributed by atoms with van der Waals surface area (Å²) < 4.78 is 1.94. The van der Waals surface area contributed by atoms with Gasteiger partial charge in [-0.15, -0.1) is 0 Å². The first-order chi connectivity index (χ1) is 13.9. The molecule has 1 fully saturated rings. The molecule has 0 bridgehead atoms. The zero-order chi connectivity index (χ0) is 20.2. The fourth-order valence-electron chi connectivity index (χ4n) is 4.30. The Morgan fingerprint density at radius 3 is 2.31 bits per heavy atom. The van der Waals surface area contributed by atoms with Crippen LogP contribution in [0.15, 0.2) is 12.7 Å². The van der Waals surface area contributed by atoms with Crippen LogP contribution in [-0.4, -0.2) is 55.7 Å². The van der Waals surface area contributed by atoms with Crippen molar-refractivity contribution in [1.29, 1.82) is 0 Å². The molecule has 4 heterocycles. The Labute approximate surface area is 171 Å². The lowest BCUT2D eigenvalue weighted by atomic mass is 9.95. The number of imidazole rings is 1. The van der Waals surface area contributed by atoms with Crippen molar-refractivity contribution in [2.75, 3.05) is 36.0 Å². The van der Waals surface area contributed by atoms with Crippen LogP contribution in [0.1, 0.15) is 44.3 Å². The molecule has 2 aliphatic rings. The third kappa shape index (κ3) is 3.10. The van der Waals surface area contributed by atoms with E-state index >= 15 is 0 Å². The van der Waals surface area contributed by atoms with Gasteiger partial charge in [0.15, 0.2) is 17.0 Å². The first-order valence-electron chi connectivity index (χ1n) is 10.4. The summed E-state index contributed by atoms with van der Waals surface area (Å²) in [5.41, 5.74) is 4.33. The minimum atomic E-state index is -0.0419. The van der Waals surface area contributed by atoms with Crippen molar-refractivity contribution < 1.29 is 0 Å². The fourth-order valence-corrected chi connectivity index (χ4v) is 4.30. The molecule has 5 rings (SSSR count). The highest BCUT2D eigenvalue weighted by Gasteiger charge is 2.29. The summed E-state index contributed by atoms with van der Waals surface area (Å²) in [6.45, 7) is 10.2. The number of nitrogens with zero attached hydrogens (tertiary/aromatic N) is 8. The molecule has 1 saturated heterocycles. The lowest BCUT2D eigenvalue weighted by Crippen LogP contribution is -2.47. The number of aromatic nitrogens is 6. The number of rotatable bonds is 2. The van der Waals surface area contributed by atoms with E-state index in [4.69, 9.17) is 9.97 Å². The van der Waals surface area contributed by atoms with Crippen molar-refractivity contribution in [3.63, 3.8) is 0 Å². The monoisotopic (exact) mass is 392 g/mol. The zero-order valence-corrected chi connectivity index (χ0v) is 17.7. The molecule has 0 radical (unpaired) electrons. The normalized spacial score (nSPS) is 17.2. The van der Waals surface area contributed by atoms with Crippen LogP contribution < -0.4 is 9.80 Å². The van der Waals surface area contributed by atoms with E-state index in [0.717, 1.165) is 67.6 Å². The molecule has 1 aliphatic heterocycles. The molecule has 0 unspecified atom stereocenters. The van der Waals surface area contributed by atoms with Gasteiger partial charge in [-0.05, 0) is 19.3 Å². The smallest absolute Gasteiger partial charge is 0.165 e. The molecule has 0 spiro atoms. The Morgan fingerprint density at radius 1 is 0.862 bits per heavy atom. The van der Waals surface area contributed by atoms with Crippen LogP contribution >= 0.6 is 0 Å². The molecule has 152 valence electrons. The molecule has 0 atom stereocenters. The van der Waals surface area contributed by atoms with Crippen LogP contribution in [0.4, 0.5) is 11.6 Å². The van der Waals surface area contributed by atoms with E-state index < -0.39 is 0 Å². The summed E-state index contributed by atoms with van der Waals surface area (Å²) >= 11 is 0. The summed E-state index contributed by atoms with van der Waals surface area (Å²) in [6.07, 6.45) is 6.79. The number of hydrogen-bond donors (Lipinski definition) is 0.